The minimum absolute atomic E-state index is 0.163. The molecule has 110 valence electrons. The van der Waals surface area contributed by atoms with E-state index in [0.29, 0.717) is 0 Å². The molecule has 1 aromatic carbocycles. The maximum Gasteiger partial charge on any atom is 0.325 e. The van der Waals surface area contributed by atoms with Crippen molar-refractivity contribution in [2.24, 2.45) is 0 Å². The number of carbonyl (C=O) groups excluding carboxylic acids is 2. The molecule has 4 nitrogen and oxygen atoms in total. The number of methoxy groups -OCH3 is 1. The first-order valence-corrected chi connectivity index (χ1v) is 6.12. The molecule has 0 aliphatic rings. The van der Waals surface area contributed by atoms with Gasteiger partial charge in [-0.3, -0.25) is 9.59 Å². The van der Waals surface area contributed by atoms with Gasteiger partial charge in [0.2, 0.25) is 0 Å². The Kier molecular flexibility index (Phi) is 5.19. The Morgan fingerprint density at radius 1 is 1.30 bits per heavy atom. The number of carbonyl (C=O) groups is 2. The van der Waals surface area contributed by atoms with Crippen molar-refractivity contribution in [1.29, 1.82) is 0 Å². The molecular weight excluding hydrogens is 268 g/mol. The highest BCUT2D eigenvalue weighted by molar-refractivity contribution is 5.96. The van der Waals surface area contributed by atoms with E-state index in [2.05, 4.69) is 4.74 Å². The van der Waals surface area contributed by atoms with Crippen LogP contribution in [0.5, 0.6) is 0 Å². The second-order valence-corrected chi connectivity index (χ2v) is 4.66. The maximum atomic E-state index is 14.0. The van der Waals surface area contributed by atoms with Crippen LogP contribution in [0.15, 0.2) is 12.1 Å². The summed E-state index contributed by atoms with van der Waals surface area (Å²) >= 11 is 0. The molecule has 1 amide bonds. The van der Waals surface area contributed by atoms with E-state index in [4.69, 9.17) is 0 Å². The van der Waals surface area contributed by atoms with E-state index in [-0.39, 0.29) is 12.1 Å². The molecule has 0 spiro atoms. The number of esters is 1. The van der Waals surface area contributed by atoms with E-state index in [1.165, 1.54) is 20.1 Å². The molecule has 0 aliphatic carbocycles. The third-order valence-electron chi connectivity index (χ3n) is 2.91. The van der Waals surface area contributed by atoms with E-state index < -0.39 is 35.1 Å². The number of aryl methyl sites for hydroxylation is 1. The fraction of sp³-hybridized carbons (Fsp3) is 0.429. The number of amides is 1. The Morgan fingerprint density at radius 3 is 2.40 bits per heavy atom. The lowest BCUT2D eigenvalue weighted by molar-refractivity contribution is -0.141. The summed E-state index contributed by atoms with van der Waals surface area (Å²) in [6, 6.07) is 1.88. The quantitative estimate of drug-likeness (QED) is 0.797. The molecular formula is C14H17F2NO3. The van der Waals surface area contributed by atoms with Gasteiger partial charge in [-0.25, -0.2) is 8.78 Å². The number of hydrogen-bond donors (Lipinski definition) is 0. The molecule has 0 fully saturated rings. The Bertz CT molecular complexity index is 529. The van der Waals surface area contributed by atoms with Gasteiger partial charge in [0.15, 0.2) is 0 Å². The Labute approximate surface area is 116 Å². The van der Waals surface area contributed by atoms with Crippen molar-refractivity contribution in [2.45, 2.75) is 26.8 Å². The fourth-order valence-electron chi connectivity index (χ4n) is 1.69. The third-order valence-corrected chi connectivity index (χ3v) is 2.91. The highest BCUT2D eigenvalue weighted by Crippen LogP contribution is 2.19. The van der Waals surface area contributed by atoms with Crippen molar-refractivity contribution in [3.8, 4) is 0 Å². The summed E-state index contributed by atoms with van der Waals surface area (Å²) in [5.41, 5.74) is -0.487. The van der Waals surface area contributed by atoms with Gasteiger partial charge in [-0.2, -0.15) is 0 Å². The lowest BCUT2D eigenvalue weighted by Crippen LogP contribution is -2.41. The summed E-state index contributed by atoms with van der Waals surface area (Å²) in [4.78, 5) is 24.6. The molecule has 0 atom stereocenters. The highest BCUT2D eigenvalue weighted by atomic mass is 19.1. The van der Waals surface area contributed by atoms with Crippen molar-refractivity contribution in [1.82, 2.24) is 4.90 Å². The van der Waals surface area contributed by atoms with E-state index in [1.54, 1.807) is 13.8 Å². The maximum absolute atomic E-state index is 14.0. The van der Waals surface area contributed by atoms with Crippen molar-refractivity contribution in [3.63, 3.8) is 0 Å². The number of ether oxygens (including phenoxy) is 1. The van der Waals surface area contributed by atoms with Crippen LogP contribution in [0.2, 0.25) is 0 Å². The normalized spacial score (nSPS) is 10.6. The zero-order chi connectivity index (χ0) is 15.4. The van der Waals surface area contributed by atoms with Gasteiger partial charge in [0.1, 0.15) is 23.7 Å². The van der Waals surface area contributed by atoms with Crippen molar-refractivity contribution < 1.29 is 23.1 Å². The standard InChI is InChI=1S/C14H17F2NO3/c1-8(2)17(7-11(18)20-4)14(19)12-10(15)6-5-9(3)13(12)16/h5-6,8H,7H2,1-4H3. The topological polar surface area (TPSA) is 46.6 Å². The average molecular weight is 285 g/mol. The number of benzene rings is 1. The zero-order valence-corrected chi connectivity index (χ0v) is 11.9. The van der Waals surface area contributed by atoms with Gasteiger partial charge in [-0.15, -0.1) is 0 Å². The summed E-state index contributed by atoms with van der Waals surface area (Å²) in [5, 5.41) is 0. The second-order valence-electron chi connectivity index (χ2n) is 4.66. The summed E-state index contributed by atoms with van der Waals surface area (Å²) in [6.45, 7) is 4.37. The lowest BCUT2D eigenvalue weighted by Gasteiger charge is -2.26. The third kappa shape index (κ3) is 3.31. The van der Waals surface area contributed by atoms with Crippen LogP contribution in [0, 0.1) is 18.6 Å². The summed E-state index contributed by atoms with van der Waals surface area (Å²) in [5.74, 6) is -3.39. The highest BCUT2D eigenvalue weighted by Gasteiger charge is 2.27. The molecule has 6 heteroatoms. The molecule has 20 heavy (non-hydrogen) atoms. The lowest BCUT2D eigenvalue weighted by atomic mass is 10.1. The summed E-state index contributed by atoms with van der Waals surface area (Å²) in [6.07, 6.45) is 0. The van der Waals surface area contributed by atoms with Gasteiger partial charge < -0.3 is 9.64 Å². The number of nitrogens with zero attached hydrogens (tertiary/aromatic N) is 1. The largest absolute Gasteiger partial charge is 0.468 e. The van der Waals surface area contributed by atoms with E-state index in [9.17, 15) is 18.4 Å². The molecule has 0 heterocycles. The van der Waals surface area contributed by atoms with Gasteiger partial charge in [-0.1, -0.05) is 6.07 Å². The molecule has 0 N–H and O–H groups in total. The molecule has 0 aromatic heterocycles. The van der Waals surface area contributed by atoms with E-state index in [0.717, 1.165) is 11.0 Å². The molecule has 0 aliphatic heterocycles. The number of rotatable bonds is 4. The first kappa shape index (κ1) is 16.1. The van der Waals surface area contributed by atoms with Crippen LogP contribution in [0.1, 0.15) is 29.8 Å². The van der Waals surface area contributed by atoms with Gasteiger partial charge in [0.05, 0.1) is 7.11 Å². The van der Waals surface area contributed by atoms with Crippen LogP contribution in [-0.4, -0.2) is 36.5 Å². The molecule has 0 bridgehead atoms. The Balaban J connectivity index is 3.20. The fourth-order valence-corrected chi connectivity index (χ4v) is 1.69. The molecule has 1 aromatic rings. The van der Waals surface area contributed by atoms with Gasteiger partial charge >= 0.3 is 5.97 Å². The first-order valence-electron chi connectivity index (χ1n) is 6.12. The predicted molar refractivity (Wildman–Crippen MR) is 69.3 cm³/mol. The summed E-state index contributed by atoms with van der Waals surface area (Å²) < 4.78 is 32.2. The zero-order valence-electron chi connectivity index (χ0n) is 11.9. The molecule has 0 unspecified atom stereocenters. The van der Waals surface area contributed by atoms with Crippen LogP contribution in [-0.2, 0) is 9.53 Å². The molecule has 0 saturated carbocycles. The van der Waals surface area contributed by atoms with Gasteiger partial charge in [0, 0.05) is 6.04 Å². The molecule has 0 radical (unpaired) electrons. The average Bonchev–Trinajstić information content (AvgIpc) is 2.39. The smallest absolute Gasteiger partial charge is 0.325 e. The van der Waals surface area contributed by atoms with Crippen LogP contribution >= 0.6 is 0 Å². The minimum atomic E-state index is -0.950. The summed E-state index contributed by atoms with van der Waals surface area (Å²) in [7, 11) is 1.18. The predicted octanol–water partition coefficient (Wildman–Crippen LogP) is 2.30. The van der Waals surface area contributed by atoms with Crippen molar-refractivity contribution in [3.05, 3.63) is 34.9 Å². The number of hydrogen-bond acceptors (Lipinski definition) is 3. The van der Waals surface area contributed by atoms with Crippen LogP contribution < -0.4 is 0 Å². The van der Waals surface area contributed by atoms with Crippen LogP contribution in [0.3, 0.4) is 0 Å². The second kappa shape index (κ2) is 6.45. The van der Waals surface area contributed by atoms with Gasteiger partial charge in [0.25, 0.3) is 5.91 Å². The van der Waals surface area contributed by atoms with Crippen molar-refractivity contribution in [2.75, 3.05) is 13.7 Å². The van der Waals surface area contributed by atoms with E-state index in [1.807, 2.05) is 0 Å². The monoisotopic (exact) mass is 285 g/mol. The minimum Gasteiger partial charge on any atom is -0.468 e. The van der Waals surface area contributed by atoms with Crippen molar-refractivity contribution >= 4 is 11.9 Å². The Hall–Kier alpha value is -1.98. The molecule has 1 rings (SSSR count). The Morgan fingerprint density at radius 2 is 1.90 bits per heavy atom. The number of halogens is 2. The van der Waals surface area contributed by atoms with Crippen LogP contribution in [0.25, 0.3) is 0 Å². The first-order chi connectivity index (χ1) is 9.29. The SMILES string of the molecule is COC(=O)CN(C(=O)c1c(F)ccc(C)c1F)C(C)C. The molecule has 0 saturated heterocycles. The van der Waals surface area contributed by atoms with Gasteiger partial charge in [-0.05, 0) is 32.4 Å². The van der Waals surface area contributed by atoms with Crippen LogP contribution in [0.4, 0.5) is 8.78 Å². The van der Waals surface area contributed by atoms with E-state index >= 15 is 0 Å².